The van der Waals surface area contributed by atoms with Crippen LogP contribution in [0.5, 0.6) is 0 Å². The summed E-state index contributed by atoms with van der Waals surface area (Å²) in [6.45, 7) is 11.3. The van der Waals surface area contributed by atoms with E-state index in [0.29, 0.717) is 25.2 Å². The second kappa shape index (κ2) is 10.7. The fourth-order valence-corrected chi connectivity index (χ4v) is 3.86. The first-order valence-electron chi connectivity index (χ1n) is 11.3. The average molecular weight is 465 g/mol. The minimum absolute atomic E-state index is 0.0650. The molecule has 0 aromatic heterocycles. The SMILES string of the molecule is CC(C)(COC=O)CC(C)(C)COC(=O)c1ccc(C2N=N2)cc1.Cc1ccc(C2N=N2)cc1. The Hall–Kier alpha value is -3.42. The van der Waals surface area contributed by atoms with Crippen molar-refractivity contribution in [2.45, 2.75) is 53.4 Å². The van der Waals surface area contributed by atoms with E-state index in [9.17, 15) is 9.59 Å². The van der Waals surface area contributed by atoms with Gasteiger partial charge in [-0.1, -0.05) is 69.7 Å². The Morgan fingerprint density at radius 3 is 1.76 bits per heavy atom. The minimum atomic E-state index is -0.346. The van der Waals surface area contributed by atoms with Crippen LogP contribution in [-0.2, 0) is 14.3 Å². The zero-order valence-electron chi connectivity index (χ0n) is 20.4. The summed E-state index contributed by atoms with van der Waals surface area (Å²) in [6.07, 6.45) is 0.843. The summed E-state index contributed by atoms with van der Waals surface area (Å²) < 4.78 is 10.3. The minimum Gasteiger partial charge on any atom is -0.467 e. The number of nitrogens with zero attached hydrogens (tertiary/aromatic N) is 4. The van der Waals surface area contributed by atoms with Crippen LogP contribution in [0, 0.1) is 17.8 Å². The van der Waals surface area contributed by atoms with E-state index in [1.165, 1.54) is 11.1 Å². The molecule has 0 aliphatic carbocycles. The van der Waals surface area contributed by atoms with E-state index in [0.717, 1.165) is 12.0 Å². The van der Waals surface area contributed by atoms with Crippen LogP contribution in [0.15, 0.2) is 69.0 Å². The molecule has 0 unspecified atom stereocenters. The zero-order valence-corrected chi connectivity index (χ0v) is 20.4. The molecule has 0 bridgehead atoms. The number of hydrogen-bond donors (Lipinski definition) is 0. The highest BCUT2D eigenvalue weighted by Gasteiger charge is 2.31. The molecule has 0 saturated carbocycles. The molecule has 2 aromatic rings. The number of carbonyl (C=O) groups excluding carboxylic acids is 2. The van der Waals surface area contributed by atoms with Crippen LogP contribution >= 0.6 is 0 Å². The van der Waals surface area contributed by atoms with Gasteiger partial charge in [0.25, 0.3) is 6.47 Å². The predicted octanol–water partition coefficient (Wildman–Crippen LogP) is 6.38. The highest BCUT2D eigenvalue weighted by atomic mass is 16.5. The van der Waals surface area contributed by atoms with Crippen LogP contribution in [0.2, 0.25) is 0 Å². The van der Waals surface area contributed by atoms with Crippen molar-refractivity contribution in [3.8, 4) is 0 Å². The lowest BCUT2D eigenvalue weighted by Crippen LogP contribution is -2.31. The third-order valence-corrected chi connectivity index (χ3v) is 5.38. The molecule has 0 amide bonds. The predicted molar refractivity (Wildman–Crippen MR) is 127 cm³/mol. The summed E-state index contributed by atoms with van der Waals surface area (Å²) in [7, 11) is 0. The van der Waals surface area contributed by atoms with Crippen molar-refractivity contribution >= 4 is 12.4 Å². The van der Waals surface area contributed by atoms with E-state index in [1.807, 2.05) is 39.8 Å². The van der Waals surface area contributed by atoms with Gasteiger partial charge in [0.15, 0.2) is 0 Å². The number of hydrogen-bond acceptors (Lipinski definition) is 8. The number of rotatable bonds is 10. The third kappa shape index (κ3) is 8.17. The van der Waals surface area contributed by atoms with Gasteiger partial charge in [-0.3, -0.25) is 4.79 Å². The topological polar surface area (TPSA) is 102 Å². The van der Waals surface area contributed by atoms with Crippen molar-refractivity contribution in [2.24, 2.45) is 31.3 Å². The molecule has 0 spiro atoms. The van der Waals surface area contributed by atoms with Gasteiger partial charge in [0.2, 0.25) is 12.3 Å². The van der Waals surface area contributed by atoms with E-state index in [2.05, 4.69) is 51.6 Å². The molecule has 4 rings (SSSR count). The Morgan fingerprint density at radius 1 is 0.824 bits per heavy atom. The average Bonchev–Trinajstić information content (AvgIpc) is 3.70. The van der Waals surface area contributed by atoms with Crippen molar-refractivity contribution < 1.29 is 19.1 Å². The maximum absolute atomic E-state index is 12.2. The summed E-state index contributed by atoms with van der Waals surface area (Å²) in [5, 5.41) is 15.4. The van der Waals surface area contributed by atoms with E-state index >= 15 is 0 Å². The number of aryl methyl sites for hydroxylation is 1. The fraction of sp³-hybridized carbons (Fsp3) is 0.462. The molecule has 0 atom stereocenters. The number of esters is 1. The van der Waals surface area contributed by atoms with Crippen molar-refractivity contribution in [3.63, 3.8) is 0 Å². The third-order valence-electron chi connectivity index (χ3n) is 5.38. The normalized spacial score (nSPS) is 14.7. The lowest BCUT2D eigenvalue weighted by molar-refractivity contribution is -0.132. The summed E-state index contributed by atoms with van der Waals surface area (Å²) in [5.74, 6) is -0.346. The first kappa shape index (κ1) is 25.2. The van der Waals surface area contributed by atoms with Crippen molar-refractivity contribution in [1.29, 1.82) is 0 Å². The van der Waals surface area contributed by atoms with Gasteiger partial charge in [0.05, 0.1) is 18.8 Å². The molecular weight excluding hydrogens is 432 g/mol. The van der Waals surface area contributed by atoms with Gasteiger partial charge in [-0.05, 0) is 36.3 Å². The Bertz CT molecular complexity index is 1030. The number of ether oxygens (including phenoxy) is 2. The Labute approximate surface area is 200 Å². The first-order chi connectivity index (χ1) is 16.1. The van der Waals surface area contributed by atoms with Crippen LogP contribution in [0.4, 0.5) is 0 Å². The van der Waals surface area contributed by atoms with Gasteiger partial charge in [-0.25, -0.2) is 4.79 Å². The quantitative estimate of drug-likeness (QED) is 0.300. The second-order valence-electron chi connectivity index (χ2n) is 10.2. The second-order valence-corrected chi connectivity index (χ2v) is 10.2. The molecule has 0 saturated heterocycles. The van der Waals surface area contributed by atoms with E-state index in [4.69, 9.17) is 9.47 Å². The monoisotopic (exact) mass is 464 g/mol. The van der Waals surface area contributed by atoms with Crippen LogP contribution in [0.1, 0.15) is 73.5 Å². The molecule has 0 N–H and O–H groups in total. The molecule has 8 nitrogen and oxygen atoms in total. The lowest BCUT2D eigenvalue weighted by Gasteiger charge is -2.33. The van der Waals surface area contributed by atoms with Gasteiger partial charge < -0.3 is 9.47 Å². The Morgan fingerprint density at radius 2 is 1.29 bits per heavy atom. The van der Waals surface area contributed by atoms with Crippen LogP contribution in [-0.4, -0.2) is 25.7 Å². The Kier molecular flexibility index (Phi) is 7.91. The van der Waals surface area contributed by atoms with Gasteiger partial charge in [-0.15, -0.1) is 0 Å². The fourth-order valence-electron chi connectivity index (χ4n) is 3.86. The van der Waals surface area contributed by atoms with Gasteiger partial charge in [0.1, 0.15) is 0 Å². The molecule has 0 fully saturated rings. The highest BCUT2D eigenvalue weighted by molar-refractivity contribution is 5.89. The first-order valence-corrected chi connectivity index (χ1v) is 11.3. The standard InChI is InChI=1S/C18H24N2O4.C8H8N2/c1-17(2,10-23-12-21)9-18(3,4)11-24-16(22)14-7-5-13(6-8-14)15-19-20-15;1-6-2-4-7(5-3-6)8-9-10-8/h5-8,12,15H,9-11H2,1-4H3;2-5,8H,1H3. The van der Waals surface area contributed by atoms with Gasteiger partial charge in [-0.2, -0.15) is 20.5 Å². The van der Waals surface area contributed by atoms with Crippen LogP contribution in [0.25, 0.3) is 0 Å². The number of benzene rings is 2. The van der Waals surface area contributed by atoms with E-state index < -0.39 is 0 Å². The zero-order chi connectivity index (χ0) is 24.8. The van der Waals surface area contributed by atoms with Crippen molar-refractivity contribution in [1.82, 2.24) is 0 Å². The Balaban J connectivity index is 0.000000266. The highest BCUT2D eigenvalue weighted by Crippen LogP contribution is 2.34. The molecule has 2 heterocycles. The van der Waals surface area contributed by atoms with Gasteiger partial charge in [0, 0.05) is 11.1 Å². The summed E-state index contributed by atoms with van der Waals surface area (Å²) in [5.41, 5.74) is 3.56. The molecule has 2 aliphatic heterocycles. The lowest BCUT2D eigenvalue weighted by atomic mass is 9.76. The van der Waals surface area contributed by atoms with E-state index in [1.54, 1.807) is 12.1 Å². The van der Waals surface area contributed by atoms with Crippen LogP contribution < -0.4 is 0 Å². The van der Waals surface area contributed by atoms with Crippen LogP contribution in [0.3, 0.4) is 0 Å². The maximum Gasteiger partial charge on any atom is 0.338 e. The summed E-state index contributed by atoms with van der Waals surface area (Å²) in [4.78, 5) is 22.5. The maximum atomic E-state index is 12.2. The smallest absolute Gasteiger partial charge is 0.338 e. The molecule has 0 radical (unpaired) electrons. The summed E-state index contributed by atoms with van der Waals surface area (Å²) in [6, 6.07) is 15.4. The molecule has 2 aliphatic rings. The summed E-state index contributed by atoms with van der Waals surface area (Å²) >= 11 is 0. The van der Waals surface area contributed by atoms with Gasteiger partial charge >= 0.3 is 5.97 Å². The van der Waals surface area contributed by atoms with E-state index in [-0.39, 0.29) is 29.1 Å². The molecule has 2 aromatic carbocycles. The van der Waals surface area contributed by atoms with Crippen molar-refractivity contribution in [3.05, 3.63) is 70.8 Å². The molecule has 180 valence electrons. The molecule has 34 heavy (non-hydrogen) atoms. The number of carbonyl (C=O) groups is 2. The largest absolute Gasteiger partial charge is 0.467 e. The molecule has 8 heteroatoms. The molecular formula is C26H32N4O4. The van der Waals surface area contributed by atoms with Crippen molar-refractivity contribution in [2.75, 3.05) is 13.2 Å².